The third-order valence-electron chi connectivity index (χ3n) is 5.75. The molecule has 1 saturated carbocycles. The first-order chi connectivity index (χ1) is 14.2. The van der Waals surface area contributed by atoms with Crippen LogP contribution in [0.15, 0.2) is 28.8 Å². The van der Waals surface area contributed by atoms with Crippen molar-refractivity contribution in [2.24, 2.45) is 0 Å². The van der Waals surface area contributed by atoms with Gasteiger partial charge in [0.25, 0.3) is 0 Å². The molecule has 0 saturated heterocycles. The van der Waals surface area contributed by atoms with Gasteiger partial charge < -0.3 is 19.3 Å². The van der Waals surface area contributed by atoms with E-state index in [-0.39, 0.29) is 11.3 Å². The summed E-state index contributed by atoms with van der Waals surface area (Å²) in [5.74, 6) is 0.881. The van der Waals surface area contributed by atoms with E-state index >= 15 is 0 Å². The summed E-state index contributed by atoms with van der Waals surface area (Å²) >= 11 is 0. The number of carbonyl (C=O) groups is 1. The van der Waals surface area contributed by atoms with Crippen molar-refractivity contribution in [1.29, 1.82) is 0 Å². The van der Waals surface area contributed by atoms with Gasteiger partial charge in [-0.15, -0.1) is 0 Å². The average molecular weight is 394 g/mol. The Balaban J connectivity index is 1.45. The molecule has 2 aliphatic rings. The lowest BCUT2D eigenvalue weighted by Gasteiger charge is -2.19. The first-order valence-electron chi connectivity index (χ1n) is 9.84. The molecule has 29 heavy (non-hydrogen) atoms. The Bertz CT molecular complexity index is 1050. The Morgan fingerprint density at radius 2 is 2.00 bits per heavy atom. The van der Waals surface area contributed by atoms with Crippen LogP contribution in [0.5, 0.6) is 5.75 Å². The van der Waals surface area contributed by atoms with Crippen molar-refractivity contribution in [3.8, 4) is 17.1 Å². The number of fused-ring (bicyclic) bond motifs is 1. The van der Waals surface area contributed by atoms with Gasteiger partial charge in [-0.05, 0) is 49.1 Å². The van der Waals surface area contributed by atoms with Gasteiger partial charge in [0.15, 0.2) is 17.1 Å². The molecule has 150 valence electrons. The minimum absolute atomic E-state index is 0.0984. The zero-order chi connectivity index (χ0) is 20.0. The van der Waals surface area contributed by atoms with Crippen LogP contribution in [0.2, 0.25) is 0 Å². The van der Waals surface area contributed by atoms with E-state index in [0.717, 1.165) is 18.5 Å². The van der Waals surface area contributed by atoms with Crippen LogP contribution in [0.1, 0.15) is 46.1 Å². The third kappa shape index (κ3) is 3.14. The Kier molecular flexibility index (Phi) is 4.26. The maximum Gasteiger partial charge on any atom is 0.343 e. The molecule has 3 heterocycles. The van der Waals surface area contributed by atoms with Crippen molar-refractivity contribution in [1.82, 2.24) is 15.4 Å². The Hall–Kier alpha value is -3.29. The smallest absolute Gasteiger partial charge is 0.343 e. The highest BCUT2D eigenvalue weighted by Gasteiger charge is 2.33. The molecule has 3 aromatic rings. The number of carboxylic acids is 1. The van der Waals surface area contributed by atoms with Gasteiger partial charge in [-0.25, -0.2) is 4.79 Å². The van der Waals surface area contributed by atoms with E-state index in [2.05, 4.69) is 15.4 Å². The summed E-state index contributed by atoms with van der Waals surface area (Å²) in [6.45, 7) is 1.34. The summed E-state index contributed by atoms with van der Waals surface area (Å²) in [5, 5.41) is 21.8. The van der Waals surface area contributed by atoms with E-state index in [1.807, 2.05) is 4.90 Å². The Labute approximate surface area is 167 Å². The number of rotatable bonds is 5. The number of methoxy groups -OCH3 is 1. The van der Waals surface area contributed by atoms with Gasteiger partial charge in [0, 0.05) is 36.7 Å². The Morgan fingerprint density at radius 1 is 1.24 bits per heavy atom. The molecule has 0 amide bonds. The average Bonchev–Trinajstić information content (AvgIpc) is 3.41. The number of benzene rings is 1. The van der Waals surface area contributed by atoms with E-state index in [9.17, 15) is 9.90 Å². The lowest BCUT2D eigenvalue weighted by Crippen LogP contribution is -2.28. The van der Waals surface area contributed by atoms with Gasteiger partial charge in [-0.2, -0.15) is 5.10 Å². The SMILES string of the molecule is COc1ccc(-c2onc(N3CCc4[nH]nc(C5CC5)c4CC3)c2C(=O)O)cc1. The number of H-pyrrole nitrogens is 1. The fourth-order valence-corrected chi connectivity index (χ4v) is 4.04. The normalized spacial score (nSPS) is 16.4. The van der Waals surface area contributed by atoms with E-state index < -0.39 is 5.97 Å². The minimum atomic E-state index is -1.05. The number of aromatic amines is 1. The summed E-state index contributed by atoms with van der Waals surface area (Å²) in [6.07, 6.45) is 4.01. The van der Waals surface area contributed by atoms with Gasteiger partial charge in [0.1, 0.15) is 5.75 Å². The predicted molar refractivity (Wildman–Crippen MR) is 106 cm³/mol. The number of hydrogen-bond donors (Lipinski definition) is 2. The van der Waals surface area contributed by atoms with E-state index in [4.69, 9.17) is 9.26 Å². The maximum absolute atomic E-state index is 12.1. The molecular formula is C21H22N4O4. The lowest BCUT2D eigenvalue weighted by molar-refractivity contribution is 0.0698. The van der Waals surface area contributed by atoms with Crippen molar-refractivity contribution in [2.45, 2.75) is 31.6 Å². The highest BCUT2D eigenvalue weighted by atomic mass is 16.5. The molecule has 0 spiro atoms. The van der Waals surface area contributed by atoms with Crippen molar-refractivity contribution in [3.05, 3.63) is 46.8 Å². The number of ether oxygens (including phenoxy) is 1. The molecule has 5 rings (SSSR count). The first kappa shape index (κ1) is 17.8. The molecule has 0 unspecified atom stereocenters. The quantitative estimate of drug-likeness (QED) is 0.684. The van der Waals surface area contributed by atoms with Crippen molar-refractivity contribution < 1.29 is 19.2 Å². The zero-order valence-electron chi connectivity index (χ0n) is 16.1. The Morgan fingerprint density at radius 3 is 2.69 bits per heavy atom. The minimum Gasteiger partial charge on any atom is -0.497 e. The summed E-state index contributed by atoms with van der Waals surface area (Å²) in [5.41, 5.74) is 4.40. The number of nitrogens with one attached hydrogen (secondary N) is 1. The molecule has 2 aromatic heterocycles. The van der Waals surface area contributed by atoms with Gasteiger partial charge in [-0.3, -0.25) is 5.10 Å². The highest BCUT2D eigenvalue weighted by molar-refractivity contribution is 5.99. The monoisotopic (exact) mass is 394 g/mol. The first-order valence-corrected chi connectivity index (χ1v) is 9.84. The van der Waals surface area contributed by atoms with Crippen LogP contribution in [-0.4, -0.2) is 46.6 Å². The van der Waals surface area contributed by atoms with Crippen molar-refractivity contribution in [3.63, 3.8) is 0 Å². The van der Waals surface area contributed by atoms with Crippen LogP contribution in [0.3, 0.4) is 0 Å². The number of hydrogen-bond acceptors (Lipinski definition) is 6. The van der Waals surface area contributed by atoms with Crippen LogP contribution < -0.4 is 9.64 Å². The second-order valence-electron chi connectivity index (χ2n) is 7.57. The lowest BCUT2D eigenvalue weighted by atomic mass is 10.1. The summed E-state index contributed by atoms with van der Waals surface area (Å²) in [4.78, 5) is 14.1. The molecule has 1 fully saturated rings. The highest BCUT2D eigenvalue weighted by Crippen LogP contribution is 2.42. The third-order valence-corrected chi connectivity index (χ3v) is 5.75. The van der Waals surface area contributed by atoms with Crippen molar-refractivity contribution >= 4 is 11.8 Å². The van der Waals surface area contributed by atoms with Crippen LogP contribution in [-0.2, 0) is 12.8 Å². The van der Waals surface area contributed by atoms with E-state index in [0.29, 0.717) is 36.1 Å². The van der Waals surface area contributed by atoms with Crippen LogP contribution >= 0.6 is 0 Å². The number of nitrogens with zero attached hydrogens (tertiary/aromatic N) is 3. The van der Waals surface area contributed by atoms with Gasteiger partial charge in [0.2, 0.25) is 0 Å². The second-order valence-corrected chi connectivity index (χ2v) is 7.57. The molecule has 1 aliphatic heterocycles. The summed E-state index contributed by atoms with van der Waals surface area (Å²) < 4.78 is 10.7. The molecule has 0 atom stereocenters. The van der Waals surface area contributed by atoms with Gasteiger partial charge in [0.05, 0.1) is 12.8 Å². The van der Waals surface area contributed by atoms with Crippen LogP contribution in [0, 0.1) is 0 Å². The summed E-state index contributed by atoms with van der Waals surface area (Å²) in [7, 11) is 1.59. The predicted octanol–water partition coefficient (Wildman–Crippen LogP) is 3.25. The molecule has 0 radical (unpaired) electrons. The van der Waals surface area contributed by atoms with Crippen LogP contribution in [0.25, 0.3) is 11.3 Å². The molecule has 1 aliphatic carbocycles. The van der Waals surface area contributed by atoms with Crippen LogP contribution in [0.4, 0.5) is 5.82 Å². The molecule has 0 bridgehead atoms. The number of aromatic carboxylic acids is 1. The zero-order valence-corrected chi connectivity index (χ0v) is 16.1. The summed E-state index contributed by atoms with van der Waals surface area (Å²) in [6, 6.07) is 7.09. The molecule has 8 nitrogen and oxygen atoms in total. The molecule has 8 heteroatoms. The molecular weight excluding hydrogens is 372 g/mol. The maximum atomic E-state index is 12.1. The largest absolute Gasteiger partial charge is 0.497 e. The van der Waals surface area contributed by atoms with E-state index in [1.165, 1.54) is 24.1 Å². The number of aromatic nitrogens is 3. The fraction of sp³-hybridized carbons (Fsp3) is 0.381. The second kappa shape index (κ2) is 6.95. The number of carboxylic acid groups (broad SMARTS) is 1. The number of anilines is 1. The fourth-order valence-electron chi connectivity index (χ4n) is 4.04. The van der Waals surface area contributed by atoms with Gasteiger partial charge in [-0.1, -0.05) is 5.16 Å². The van der Waals surface area contributed by atoms with Crippen molar-refractivity contribution in [2.75, 3.05) is 25.1 Å². The van der Waals surface area contributed by atoms with E-state index in [1.54, 1.807) is 31.4 Å². The standard InChI is InChI=1S/C21H22N4O4/c1-28-14-6-4-13(5-7-14)19-17(21(26)27)20(24-29-19)25-10-8-15-16(9-11-25)22-23-18(15)12-2-3-12/h4-7,12H,2-3,8-11H2,1H3,(H,22,23)(H,26,27). The topological polar surface area (TPSA) is 104 Å². The van der Waals surface area contributed by atoms with Gasteiger partial charge >= 0.3 is 5.97 Å². The molecule has 2 N–H and O–H groups in total. The molecule has 1 aromatic carbocycles.